The zero-order valence-corrected chi connectivity index (χ0v) is 20.5. The van der Waals surface area contributed by atoms with Crippen molar-refractivity contribution in [1.82, 2.24) is 4.90 Å². The average Bonchev–Trinajstić information content (AvgIpc) is 3.22. The number of rotatable bonds is 3. The van der Waals surface area contributed by atoms with Crippen molar-refractivity contribution in [3.8, 4) is 0 Å². The average molecular weight is 554 g/mol. The number of nitrogens with zero attached hydrogens (tertiary/aromatic N) is 2. The van der Waals surface area contributed by atoms with Crippen LogP contribution in [0.4, 0.5) is 32.0 Å². The van der Waals surface area contributed by atoms with Gasteiger partial charge in [-0.15, -0.1) is 0 Å². The monoisotopic (exact) mass is 554 g/mol. The number of benzene rings is 3. The topological polar surface area (TPSA) is 87.4 Å². The Hall–Kier alpha value is -3.16. The Morgan fingerprint density at radius 3 is 1.33 bits per heavy atom. The molecule has 4 unspecified atom stereocenters. The summed E-state index contributed by atoms with van der Waals surface area (Å²) in [6, 6.07) is 10.1. The van der Waals surface area contributed by atoms with Crippen LogP contribution in [0.2, 0.25) is 0 Å². The van der Waals surface area contributed by atoms with E-state index in [2.05, 4.69) is 0 Å². The molecule has 3 aromatic carbocycles. The third-order valence-electron chi connectivity index (χ3n) is 7.63. The molecular formula is C27H24F6N2O4. The van der Waals surface area contributed by atoms with E-state index >= 15 is 0 Å². The largest absolute Gasteiger partial charge is 0.411 e. The molecule has 0 aliphatic carbocycles. The van der Waals surface area contributed by atoms with Gasteiger partial charge in [-0.2, -0.15) is 26.3 Å². The van der Waals surface area contributed by atoms with Gasteiger partial charge in [-0.1, -0.05) is 42.0 Å². The standard InChI is InChI=1S/C27H24F6N2O4/c1-13-3-5-14(6-4-13)25(26(28,29)30,27(31,32)33)15-7-9-16(10-8-15)35-23(38)19-11-17-18(12-20(19)24(35)39)22(37)34(2)21(17)36/h3-12,21-24,36-39H,1-2H3. The van der Waals surface area contributed by atoms with Crippen LogP contribution in [0.15, 0.2) is 60.7 Å². The van der Waals surface area contributed by atoms with Crippen LogP contribution in [0.3, 0.4) is 0 Å². The molecule has 4 N–H and O–H groups in total. The van der Waals surface area contributed by atoms with Crippen LogP contribution < -0.4 is 4.90 Å². The highest BCUT2D eigenvalue weighted by Gasteiger charge is 2.72. The molecule has 4 atom stereocenters. The highest BCUT2D eigenvalue weighted by atomic mass is 19.4. The number of aliphatic hydroxyl groups excluding tert-OH is 4. The van der Waals surface area contributed by atoms with Crippen molar-refractivity contribution in [2.24, 2.45) is 0 Å². The molecule has 0 radical (unpaired) electrons. The summed E-state index contributed by atoms with van der Waals surface area (Å²) in [5, 5.41) is 42.6. The third kappa shape index (κ3) is 3.85. The molecule has 0 fully saturated rings. The summed E-state index contributed by atoms with van der Waals surface area (Å²) in [6.07, 6.45) is -16.9. The second-order valence-electron chi connectivity index (χ2n) is 9.84. The van der Waals surface area contributed by atoms with E-state index < -0.39 is 53.8 Å². The minimum absolute atomic E-state index is 0.0459. The van der Waals surface area contributed by atoms with Gasteiger partial charge in [-0.25, -0.2) is 4.90 Å². The van der Waals surface area contributed by atoms with Crippen molar-refractivity contribution in [2.75, 3.05) is 11.9 Å². The lowest BCUT2D eigenvalue weighted by molar-refractivity contribution is -0.288. The molecule has 208 valence electrons. The fraction of sp³-hybridized carbons (Fsp3) is 0.333. The van der Waals surface area contributed by atoms with Crippen molar-refractivity contribution in [1.29, 1.82) is 0 Å². The summed E-state index contributed by atoms with van der Waals surface area (Å²) in [7, 11) is 1.47. The van der Waals surface area contributed by atoms with Gasteiger partial charge in [0.2, 0.25) is 5.41 Å². The summed E-state index contributed by atoms with van der Waals surface area (Å²) in [6.45, 7) is 1.54. The molecule has 3 aromatic rings. The van der Waals surface area contributed by atoms with Gasteiger partial charge in [-0.05, 0) is 49.4 Å². The number of anilines is 1. The fourth-order valence-corrected chi connectivity index (χ4v) is 5.52. The summed E-state index contributed by atoms with van der Waals surface area (Å²) in [4.78, 5) is 2.28. The van der Waals surface area contributed by atoms with Crippen molar-refractivity contribution < 1.29 is 46.8 Å². The molecule has 0 aromatic heterocycles. The van der Waals surface area contributed by atoms with Crippen LogP contribution in [-0.4, -0.2) is 44.7 Å². The lowest BCUT2D eigenvalue weighted by Crippen LogP contribution is -2.54. The second kappa shape index (κ2) is 8.93. The van der Waals surface area contributed by atoms with E-state index in [4.69, 9.17) is 0 Å². The molecule has 5 rings (SSSR count). The molecule has 0 spiro atoms. The first-order chi connectivity index (χ1) is 18.1. The van der Waals surface area contributed by atoms with Crippen LogP contribution in [-0.2, 0) is 5.41 Å². The second-order valence-corrected chi connectivity index (χ2v) is 9.84. The molecule has 0 bridgehead atoms. The molecular weight excluding hydrogens is 530 g/mol. The number of fused-ring (bicyclic) bond motifs is 2. The van der Waals surface area contributed by atoms with Crippen molar-refractivity contribution in [2.45, 2.75) is 49.6 Å². The van der Waals surface area contributed by atoms with Crippen molar-refractivity contribution in [3.05, 3.63) is 99.6 Å². The Balaban J connectivity index is 1.57. The number of hydrogen-bond acceptors (Lipinski definition) is 6. The number of hydrogen-bond donors (Lipinski definition) is 4. The Labute approximate surface area is 219 Å². The number of aryl methyl sites for hydroxylation is 1. The van der Waals surface area contributed by atoms with Crippen LogP contribution in [0.1, 0.15) is 63.9 Å². The zero-order valence-electron chi connectivity index (χ0n) is 20.5. The first-order valence-electron chi connectivity index (χ1n) is 11.8. The van der Waals surface area contributed by atoms with Gasteiger partial charge in [0, 0.05) is 27.9 Å². The van der Waals surface area contributed by atoms with Gasteiger partial charge >= 0.3 is 12.4 Å². The van der Waals surface area contributed by atoms with Gasteiger partial charge in [0.1, 0.15) is 12.5 Å². The fourth-order valence-electron chi connectivity index (χ4n) is 5.52. The van der Waals surface area contributed by atoms with E-state index in [1.54, 1.807) is 6.92 Å². The molecule has 0 saturated carbocycles. The van der Waals surface area contributed by atoms with Crippen LogP contribution >= 0.6 is 0 Å². The molecule has 0 amide bonds. The predicted octanol–water partition coefficient (Wildman–Crippen LogP) is 4.83. The summed E-state index contributed by atoms with van der Waals surface area (Å²) in [5.74, 6) is 0. The Morgan fingerprint density at radius 1 is 0.590 bits per heavy atom. The van der Waals surface area contributed by atoms with Crippen LogP contribution in [0, 0.1) is 6.92 Å². The maximum atomic E-state index is 14.4. The maximum Gasteiger partial charge on any atom is 0.411 e. The van der Waals surface area contributed by atoms with E-state index in [0.717, 1.165) is 29.2 Å². The first-order valence-corrected chi connectivity index (χ1v) is 11.8. The molecule has 39 heavy (non-hydrogen) atoms. The van der Waals surface area contributed by atoms with Gasteiger partial charge < -0.3 is 25.3 Å². The number of halogens is 6. The van der Waals surface area contributed by atoms with Gasteiger partial charge in [0.15, 0.2) is 12.5 Å². The quantitative estimate of drug-likeness (QED) is 0.347. The maximum absolute atomic E-state index is 14.4. The van der Waals surface area contributed by atoms with E-state index in [9.17, 15) is 46.8 Å². The Morgan fingerprint density at radius 2 is 0.949 bits per heavy atom. The van der Waals surface area contributed by atoms with E-state index in [1.165, 1.54) is 36.2 Å². The highest BCUT2D eigenvalue weighted by molar-refractivity contribution is 5.59. The minimum atomic E-state index is -5.75. The van der Waals surface area contributed by atoms with E-state index in [-0.39, 0.29) is 16.8 Å². The molecule has 6 nitrogen and oxygen atoms in total. The van der Waals surface area contributed by atoms with Gasteiger partial charge in [-0.3, -0.25) is 0 Å². The molecule has 2 aliphatic rings. The summed E-state index contributed by atoms with van der Waals surface area (Å²) >= 11 is 0. The molecule has 12 heteroatoms. The lowest BCUT2D eigenvalue weighted by atomic mass is 9.72. The predicted molar refractivity (Wildman–Crippen MR) is 127 cm³/mol. The molecule has 0 saturated heterocycles. The van der Waals surface area contributed by atoms with Gasteiger partial charge in [0.05, 0.1) is 0 Å². The van der Waals surface area contributed by atoms with E-state index in [1.807, 2.05) is 0 Å². The smallest absolute Gasteiger partial charge is 0.374 e. The van der Waals surface area contributed by atoms with E-state index in [0.29, 0.717) is 28.8 Å². The SMILES string of the molecule is Cc1ccc(C(c2ccc(N3C(O)c4cc5c(cc4C3O)C(O)N(C)C5O)cc2)(C(F)(F)F)C(F)(F)F)cc1. The van der Waals surface area contributed by atoms with Crippen LogP contribution in [0.5, 0.6) is 0 Å². The Bertz CT molecular complexity index is 1330. The summed E-state index contributed by atoms with van der Waals surface area (Å²) < 4.78 is 86.4. The molecule has 2 aliphatic heterocycles. The summed E-state index contributed by atoms with van der Waals surface area (Å²) in [5.41, 5.74) is -5.02. The minimum Gasteiger partial charge on any atom is -0.374 e. The number of alkyl halides is 6. The number of aliphatic hydroxyl groups is 4. The molecule has 2 heterocycles. The normalized spacial score (nSPS) is 23.7. The third-order valence-corrected chi connectivity index (χ3v) is 7.63. The highest BCUT2D eigenvalue weighted by Crippen LogP contribution is 2.56. The first kappa shape index (κ1) is 27.4. The zero-order chi connectivity index (χ0) is 28.7. The Kier molecular flexibility index (Phi) is 6.28. The van der Waals surface area contributed by atoms with Crippen molar-refractivity contribution in [3.63, 3.8) is 0 Å². The van der Waals surface area contributed by atoms with Gasteiger partial charge in [0.25, 0.3) is 0 Å². The van der Waals surface area contributed by atoms with Crippen LogP contribution in [0.25, 0.3) is 0 Å². The van der Waals surface area contributed by atoms with Crippen molar-refractivity contribution >= 4 is 5.69 Å². The lowest BCUT2D eigenvalue weighted by Gasteiger charge is -2.38.